The summed E-state index contributed by atoms with van der Waals surface area (Å²) in [5.41, 5.74) is 3.13. The molecule has 2 aromatic heterocycles. The third kappa shape index (κ3) is 7.57. The molecular formula is C29H28N8O2. The maximum absolute atomic E-state index is 8.98. The zero-order chi connectivity index (χ0) is 27.3. The smallest absolute Gasteiger partial charge is 0.209 e. The number of rotatable bonds is 11. The number of fused-ring (bicyclic) bond motifs is 1. The normalized spacial score (nSPS) is 10.8. The molecule has 2 aromatic carbocycles. The van der Waals surface area contributed by atoms with E-state index in [0.717, 1.165) is 47.1 Å². The Balaban J connectivity index is 1.34. The Labute approximate surface area is 227 Å². The highest BCUT2D eigenvalue weighted by Crippen LogP contribution is 2.35. The van der Waals surface area contributed by atoms with Gasteiger partial charge in [0.2, 0.25) is 5.96 Å². The minimum Gasteiger partial charge on any atom is -0.493 e. The average molecular weight is 521 g/mol. The van der Waals surface area contributed by atoms with Crippen LogP contribution in [-0.4, -0.2) is 41.2 Å². The van der Waals surface area contributed by atoms with Crippen LogP contribution in [0.5, 0.6) is 11.5 Å². The number of aliphatic imine (C=N–C) groups is 1. The van der Waals surface area contributed by atoms with Crippen molar-refractivity contribution in [3.8, 4) is 30.0 Å². The molecule has 10 heteroatoms. The first-order valence-electron chi connectivity index (χ1n) is 12.4. The Morgan fingerprint density at radius 1 is 1.03 bits per heavy atom. The number of ether oxygens (including phenoxy) is 2. The second-order valence-electron chi connectivity index (χ2n) is 8.33. The third-order valence-electron chi connectivity index (χ3n) is 5.66. The van der Waals surface area contributed by atoms with E-state index in [9.17, 15) is 0 Å². The zero-order valence-electron chi connectivity index (χ0n) is 21.5. The van der Waals surface area contributed by atoms with E-state index in [1.165, 1.54) is 6.33 Å². The van der Waals surface area contributed by atoms with Crippen LogP contribution >= 0.6 is 0 Å². The van der Waals surface area contributed by atoms with Gasteiger partial charge in [-0.2, -0.15) is 5.26 Å². The van der Waals surface area contributed by atoms with E-state index in [-0.39, 0.29) is 0 Å². The molecule has 0 unspecified atom stereocenters. The number of nitrogens with zero attached hydrogens (tertiary/aromatic N) is 5. The van der Waals surface area contributed by atoms with Crippen molar-refractivity contribution in [2.45, 2.75) is 19.3 Å². The van der Waals surface area contributed by atoms with Gasteiger partial charge in [0.15, 0.2) is 17.7 Å². The maximum atomic E-state index is 8.98. The summed E-state index contributed by atoms with van der Waals surface area (Å²) < 4.78 is 11.6. The van der Waals surface area contributed by atoms with Crippen LogP contribution in [-0.2, 0) is 0 Å². The van der Waals surface area contributed by atoms with E-state index < -0.39 is 0 Å². The zero-order valence-corrected chi connectivity index (χ0v) is 21.5. The number of aromatic nitrogens is 3. The molecule has 196 valence electrons. The topological polar surface area (TPSA) is 129 Å². The van der Waals surface area contributed by atoms with Crippen molar-refractivity contribution in [2.24, 2.45) is 4.99 Å². The van der Waals surface area contributed by atoms with Crippen LogP contribution in [0.2, 0.25) is 0 Å². The number of unbranched alkanes of at least 4 members (excludes halogenated alkanes) is 2. The number of nitriles is 1. The standard InChI is InChI=1S/C29H28N8O2/c1-3-21-8-7-9-23(16-21)36-28-24-17-27(26(38-2)18-25(24)34-20-35-28)39-15-6-4-5-12-32-29(33-19-30)37-22-10-13-31-14-11-22/h1,7-11,13-14,16-18,20H,4-6,12,15H2,2H3,(H,34,35,36)(H2,31,32,33,37). The lowest BCUT2D eigenvalue weighted by Crippen LogP contribution is -2.27. The molecule has 0 bridgehead atoms. The van der Waals surface area contributed by atoms with Gasteiger partial charge in [0.05, 0.1) is 19.2 Å². The molecule has 0 aliphatic rings. The Bertz CT molecular complexity index is 1510. The molecular weight excluding hydrogens is 492 g/mol. The van der Waals surface area contributed by atoms with Crippen molar-refractivity contribution in [1.82, 2.24) is 20.3 Å². The van der Waals surface area contributed by atoms with Crippen molar-refractivity contribution in [3.05, 3.63) is 72.8 Å². The Hall–Kier alpha value is -5.35. The van der Waals surface area contributed by atoms with Crippen molar-refractivity contribution in [1.29, 1.82) is 5.26 Å². The van der Waals surface area contributed by atoms with Gasteiger partial charge in [-0.25, -0.2) is 9.97 Å². The van der Waals surface area contributed by atoms with Crippen LogP contribution in [0.1, 0.15) is 24.8 Å². The van der Waals surface area contributed by atoms with E-state index in [0.29, 0.717) is 36.4 Å². The SMILES string of the molecule is C#Cc1cccc(Nc2ncnc3cc(OC)c(OCCCCCN=C(NC#N)Nc4ccncc4)cc23)c1. The molecule has 0 fully saturated rings. The van der Waals surface area contributed by atoms with Gasteiger partial charge in [-0.1, -0.05) is 12.0 Å². The Morgan fingerprint density at radius 2 is 1.90 bits per heavy atom. The molecule has 10 nitrogen and oxygen atoms in total. The van der Waals surface area contributed by atoms with Crippen molar-refractivity contribution >= 4 is 34.1 Å². The van der Waals surface area contributed by atoms with E-state index >= 15 is 0 Å². The quantitative estimate of drug-likeness (QED) is 0.0635. The number of anilines is 3. The number of nitrogens with one attached hydrogen (secondary N) is 3. The van der Waals surface area contributed by atoms with Crippen LogP contribution in [0, 0.1) is 23.8 Å². The molecule has 2 heterocycles. The Morgan fingerprint density at radius 3 is 2.69 bits per heavy atom. The van der Waals surface area contributed by atoms with Crippen molar-refractivity contribution in [2.75, 3.05) is 30.9 Å². The largest absolute Gasteiger partial charge is 0.493 e. The highest BCUT2D eigenvalue weighted by atomic mass is 16.5. The predicted octanol–water partition coefficient (Wildman–Crippen LogP) is 4.85. The van der Waals surface area contributed by atoms with Crippen LogP contribution in [0.25, 0.3) is 10.9 Å². The summed E-state index contributed by atoms with van der Waals surface area (Å²) in [6.45, 7) is 1.07. The summed E-state index contributed by atoms with van der Waals surface area (Å²) in [5, 5.41) is 18.7. The first-order chi connectivity index (χ1) is 19.2. The van der Waals surface area contributed by atoms with Crippen LogP contribution in [0.4, 0.5) is 17.2 Å². The Kier molecular flexibility index (Phi) is 9.46. The molecule has 3 N–H and O–H groups in total. The van der Waals surface area contributed by atoms with E-state index in [1.807, 2.05) is 42.6 Å². The second-order valence-corrected chi connectivity index (χ2v) is 8.33. The highest BCUT2D eigenvalue weighted by Gasteiger charge is 2.12. The third-order valence-corrected chi connectivity index (χ3v) is 5.66. The second kappa shape index (κ2) is 13.8. The number of benzene rings is 2. The summed E-state index contributed by atoms with van der Waals surface area (Å²) in [7, 11) is 1.60. The van der Waals surface area contributed by atoms with E-state index in [2.05, 4.69) is 41.8 Å². The van der Waals surface area contributed by atoms with Gasteiger partial charge in [-0.3, -0.25) is 15.3 Å². The molecule has 0 saturated heterocycles. The highest BCUT2D eigenvalue weighted by molar-refractivity contribution is 5.94. The molecule has 0 saturated carbocycles. The van der Waals surface area contributed by atoms with E-state index in [4.69, 9.17) is 21.2 Å². The van der Waals surface area contributed by atoms with Crippen LogP contribution in [0.15, 0.2) is 72.2 Å². The van der Waals surface area contributed by atoms with Gasteiger partial charge < -0.3 is 20.1 Å². The van der Waals surface area contributed by atoms with Gasteiger partial charge in [0.25, 0.3) is 0 Å². The van der Waals surface area contributed by atoms with Crippen LogP contribution in [0.3, 0.4) is 0 Å². The lowest BCUT2D eigenvalue weighted by atomic mass is 10.2. The van der Waals surface area contributed by atoms with Gasteiger partial charge in [0.1, 0.15) is 12.1 Å². The molecule has 0 spiro atoms. The van der Waals surface area contributed by atoms with Crippen molar-refractivity contribution in [3.63, 3.8) is 0 Å². The van der Waals surface area contributed by atoms with Gasteiger partial charge in [-0.05, 0) is 55.7 Å². The minimum absolute atomic E-state index is 0.401. The first kappa shape index (κ1) is 26.7. The summed E-state index contributed by atoms with van der Waals surface area (Å²) >= 11 is 0. The molecule has 0 radical (unpaired) electrons. The molecule has 4 rings (SSSR count). The van der Waals surface area contributed by atoms with Gasteiger partial charge in [0, 0.05) is 47.3 Å². The fraction of sp³-hybridized carbons (Fsp3) is 0.207. The molecule has 0 amide bonds. The number of hydrogen-bond donors (Lipinski definition) is 3. The van der Waals surface area contributed by atoms with E-state index in [1.54, 1.807) is 31.6 Å². The number of hydrogen-bond acceptors (Lipinski definition) is 8. The monoisotopic (exact) mass is 520 g/mol. The first-order valence-corrected chi connectivity index (χ1v) is 12.4. The molecule has 4 aromatic rings. The summed E-state index contributed by atoms with van der Waals surface area (Å²) in [5.74, 6) is 4.89. The van der Waals surface area contributed by atoms with Crippen LogP contribution < -0.4 is 25.4 Å². The summed E-state index contributed by atoms with van der Waals surface area (Å²) in [6.07, 6.45) is 14.8. The fourth-order valence-electron chi connectivity index (χ4n) is 3.76. The lowest BCUT2D eigenvalue weighted by molar-refractivity contribution is 0.286. The van der Waals surface area contributed by atoms with Crippen molar-refractivity contribution < 1.29 is 9.47 Å². The average Bonchev–Trinajstić information content (AvgIpc) is 2.97. The number of pyridine rings is 1. The van der Waals surface area contributed by atoms with Gasteiger partial charge >= 0.3 is 0 Å². The number of methoxy groups -OCH3 is 1. The molecule has 39 heavy (non-hydrogen) atoms. The molecule has 0 atom stereocenters. The fourth-order valence-corrected chi connectivity index (χ4v) is 3.76. The summed E-state index contributed by atoms with van der Waals surface area (Å²) in [6, 6.07) is 14.9. The lowest BCUT2D eigenvalue weighted by Gasteiger charge is -2.14. The summed E-state index contributed by atoms with van der Waals surface area (Å²) in [4.78, 5) is 17.2. The molecule has 0 aliphatic carbocycles. The maximum Gasteiger partial charge on any atom is 0.209 e. The van der Waals surface area contributed by atoms with Gasteiger partial charge in [-0.15, -0.1) is 6.42 Å². The number of guanidine groups is 1. The number of terminal acetylenes is 1. The predicted molar refractivity (Wildman–Crippen MR) is 152 cm³/mol. The molecule has 0 aliphatic heterocycles. The minimum atomic E-state index is 0.401.